The first-order chi connectivity index (χ1) is 9.08. The van der Waals surface area contributed by atoms with Crippen LogP contribution in [0.3, 0.4) is 0 Å². The standard InChI is InChI=1S/C15H20Br2O2/c1-3-5-6-11(4-2)10-19-15(18)13-9-12(16)7-8-14(13)17/h7-9,11H,3-6,10H2,1-2H3. The summed E-state index contributed by atoms with van der Waals surface area (Å²) >= 11 is 6.74. The minimum absolute atomic E-state index is 0.261. The summed E-state index contributed by atoms with van der Waals surface area (Å²) in [4.78, 5) is 12.0. The zero-order chi connectivity index (χ0) is 14.3. The van der Waals surface area contributed by atoms with E-state index < -0.39 is 0 Å². The summed E-state index contributed by atoms with van der Waals surface area (Å²) in [6.07, 6.45) is 4.55. The molecule has 19 heavy (non-hydrogen) atoms. The first-order valence-electron chi connectivity index (χ1n) is 6.70. The Bertz CT molecular complexity index is 419. The Kier molecular flexibility index (Phi) is 7.69. The Morgan fingerprint density at radius 3 is 2.68 bits per heavy atom. The van der Waals surface area contributed by atoms with E-state index in [9.17, 15) is 4.79 Å². The molecule has 1 atom stereocenters. The van der Waals surface area contributed by atoms with Crippen molar-refractivity contribution in [3.63, 3.8) is 0 Å². The average Bonchev–Trinajstić information content (AvgIpc) is 2.41. The minimum atomic E-state index is -0.261. The quantitative estimate of drug-likeness (QED) is 0.566. The smallest absolute Gasteiger partial charge is 0.339 e. The van der Waals surface area contributed by atoms with Gasteiger partial charge in [-0.15, -0.1) is 0 Å². The summed E-state index contributed by atoms with van der Waals surface area (Å²) in [5.74, 6) is 0.206. The molecule has 0 spiro atoms. The molecule has 0 bridgehead atoms. The van der Waals surface area contributed by atoms with Crippen molar-refractivity contribution in [3.8, 4) is 0 Å². The van der Waals surface area contributed by atoms with Crippen LogP contribution in [0, 0.1) is 5.92 Å². The molecule has 0 saturated heterocycles. The van der Waals surface area contributed by atoms with E-state index in [1.54, 1.807) is 6.07 Å². The van der Waals surface area contributed by atoms with E-state index in [0.717, 1.165) is 21.8 Å². The second-order valence-corrected chi connectivity index (χ2v) is 6.41. The summed E-state index contributed by atoms with van der Waals surface area (Å²) in [7, 11) is 0. The normalized spacial score (nSPS) is 12.2. The van der Waals surface area contributed by atoms with Gasteiger partial charge in [0.1, 0.15) is 0 Å². The number of carbonyl (C=O) groups is 1. The fourth-order valence-corrected chi connectivity index (χ4v) is 2.59. The Hall–Kier alpha value is -0.350. The van der Waals surface area contributed by atoms with Crippen LogP contribution in [-0.4, -0.2) is 12.6 Å². The predicted octanol–water partition coefficient (Wildman–Crippen LogP) is 5.58. The van der Waals surface area contributed by atoms with Crippen LogP contribution in [0.1, 0.15) is 49.9 Å². The number of hydrogen-bond acceptors (Lipinski definition) is 2. The van der Waals surface area contributed by atoms with Gasteiger partial charge in [0.15, 0.2) is 0 Å². The topological polar surface area (TPSA) is 26.3 Å². The molecule has 0 aliphatic heterocycles. The van der Waals surface area contributed by atoms with Gasteiger partial charge in [-0.1, -0.05) is 49.0 Å². The van der Waals surface area contributed by atoms with Gasteiger partial charge >= 0.3 is 5.97 Å². The Labute approximate surface area is 132 Å². The number of halogens is 2. The molecule has 1 rings (SSSR count). The lowest BCUT2D eigenvalue weighted by molar-refractivity contribution is 0.0427. The van der Waals surface area contributed by atoms with E-state index in [4.69, 9.17) is 4.74 Å². The van der Waals surface area contributed by atoms with Crippen LogP contribution in [0.4, 0.5) is 0 Å². The highest BCUT2D eigenvalue weighted by molar-refractivity contribution is 9.11. The fourth-order valence-electron chi connectivity index (χ4n) is 1.82. The Morgan fingerprint density at radius 1 is 1.32 bits per heavy atom. The van der Waals surface area contributed by atoms with Crippen molar-refractivity contribution in [2.24, 2.45) is 5.92 Å². The summed E-state index contributed by atoms with van der Waals surface area (Å²) in [5, 5.41) is 0. The van der Waals surface area contributed by atoms with Crippen LogP contribution in [0.2, 0.25) is 0 Å². The molecule has 0 amide bonds. The number of unbranched alkanes of at least 4 members (excludes halogenated alkanes) is 1. The van der Waals surface area contributed by atoms with Gasteiger partial charge in [-0.05, 0) is 46.5 Å². The lowest BCUT2D eigenvalue weighted by Crippen LogP contribution is -2.14. The molecule has 0 N–H and O–H groups in total. The van der Waals surface area contributed by atoms with Crippen molar-refractivity contribution in [1.29, 1.82) is 0 Å². The summed E-state index contributed by atoms with van der Waals surface area (Å²) in [5.41, 5.74) is 0.569. The average molecular weight is 392 g/mol. The van der Waals surface area contributed by atoms with Gasteiger partial charge in [0.2, 0.25) is 0 Å². The third-order valence-electron chi connectivity index (χ3n) is 3.14. The molecule has 0 radical (unpaired) electrons. The van der Waals surface area contributed by atoms with E-state index in [1.165, 1.54) is 12.8 Å². The van der Waals surface area contributed by atoms with Crippen molar-refractivity contribution in [2.75, 3.05) is 6.61 Å². The van der Waals surface area contributed by atoms with Crippen molar-refractivity contribution in [3.05, 3.63) is 32.7 Å². The molecule has 1 aromatic rings. The number of benzene rings is 1. The maximum atomic E-state index is 12.0. The lowest BCUT2D eigenvalue weighted by Gasteiger charge is -2.15. The van der Waals surface area contributed by atoms with Gasteiger partial charge in [0, 0.05) is 8.95 Å². The molecular formula is C15H20Br2O2. The van der Waals surface area contributed by atoms with Gasteiger partial charge in [-0.25, -0.2) is 4.79 Å². The van der Waals surface area contributed by atoms with Crippen LogP contribution in [0.25, 0.3) is 0 Å². The van der Waals surface area contributed by atoms with Crippen LogP contribution in [-0.2, 0) is 4.74 Å². The van der Waals surface area contributed by atoms with Gasteiger partial charge in [-0.2, -0.15) is 0 Å². The minimum Gasteiger partial charge on any atom is -0.462 e. The molecule has 106 valence electrons. The van der Waals surface area contributed by atoms with Crippen molar-refractivity contribution in [2.45, 2.75) is 39.5 Å². The van der Waals surface area contributed by atoms with Crippen LogP contribution in [0.5, 0.6) is 0 Å². The number of esters is 1. The van der Waals surface area contributed by atoms with Gasteiger partial charge in [0.25, 0.3) is 0 Å². The number of rotatable bonds is 7. The third kappa shape index (κ3) is 5.65. The molecule has 0 aromatic heterocycles. The highest BCUT2D eigenvalue weighted by atomic mass is 79.9. The van der Waals surface area contributed by atoms with Gasteiger partial charge in [-0.3, -0.25) is 0 Å². The highest BCUT2D eigenvalue weighted by Crippen LogP contribution is 2.23. The second-order valence-electron chi connectivity index (χ2n) is 4.64. The molecular weight excluding hydrogens is 372 g/mol. The monoisotopic (exact) mass is 390 g/mol. The molecule has 0 saturated carbocycles. The van der Waals surface area contributed by atoms with Crippen molar-refractivity contribution in [1.82, 2.24) is 0 Å². The van der Waals surface area contributed by atoms with E-state index in [0.29, 0.717) is 18.1 Å². The second kappa shape index (κ2) is 8.75. The largest absolute Gasteiger partial charge is 0.462 e. The van der Waals surface area contributed by atoms with E-state index in [1.807, 2.05) is 12.1 Å². The number of carbonyl (C=O) groups excluding carboxylic acids is 1. The van der Waals surface area contributed by atoms with E-state index >= 15 is 0 Å². The Balaban J connectivity index is 2.56. The van der Waals surface area contributed by atoms with Gasteiger partial charge in [0.05, 0.1) is 12.2 Å². The molecule has 1 unspecified atom stereocenters. The van der Waals surface area contributed by atoms with E-state index in [-0.39, 0.29) is 5.97 Å². The number of hydrogen-bond donors (Lipinski definition) is 0. The van der Waals surface area contributed by atoms with Crippen molar-refractivity contribution < 1.29 is 9.53 Å². The zero-order valence-electron chi connectivity index (χ0n) is 11.4. The van der Waals surface area contributed by atoms with Crippen LogP contribution >= 0.6 is 31.9 Å². The maximum Gasteiger partial charge on any atom is 0.339 e. The van der Waals surface area contributed by atoms with Crippen LogP contribution < -0.4 is 0 Å². The van der Waals surface area contributed by atoms with Gasteiger partial charge < -0.3 is 4.74 Å². The SMILES string of the molecule is CCCCC(CC)COC(=O)c1cc(Br)ccc1Br. The summed E-state index contributed by atoms with van der Waals surface area (Å²) in [6.45, 7) is 4.83. The summed E-state index contributed by atoms with van der Waals surface area (Å²) in [6, 6.07) is 5.51. The van der Waals surface area contributed by atoms with Crippen molar-refractivity contribution >= 4 is 37.8 Å². The number of ether oxygens (including phenoxy) is 1. The predicted molar refractivity (Wildman–Crippen MR) is 85.4 cm³/mol. The zero-order valence-corrected chi connectivity index (χ0v) is 14.6. The molecule has 0 aliphatic carbocycles. The third-order valence-corrected chi connectivity index (χ3v) is 4.33. The molecule has 4 heteroatoms. The van der Waals surface area contributed by atoms with E-state index in [2.05, 4.69) is 45.7 Å². The molecule has 2 nitrogen and oxygen atoms in total. The lowest BCUT2D eigenvalue weighted by atomic mass is 10.0. The molecule has 1 aromatic carbocycles. The highest BCUT2D eigenvalue weighted by Gasteiger charge is 2.14. The fraction of sp³-hybridized carbons (Fsp3) is 0.533. The maximum absolute atomic E-state index is 12.0. The first kappa shape index (κ1) is 16.7. The summed E-state index contributed by atoms with van der Waals surface area (Å²) < 4.78 is 7.07. The molecule has 0 fully saturated rings. The molecule has 0 heterocycles. The Morgan fingerprint density at radius 2 is 2.05 bits per heavy atom. The molecule has 0 aliphatic rings. The van der Waals surface area contributed by atoms with Crippen LogP contribution in [0.15, 0.2) is 27.1 Å². The first-order valence-corrected chi connectivity index (χ1v) is 8.29.